The van der Waals surface area contributed by atoms with Crippen molar-refractivity contribution in [1.82, 2.24) is 0 Å². The third-order valence-corrected chi connectivity index (χ3v) is 5.64. The van der Waals surface area contributed by atoms with E-state index in [0.717, 1.165) is 29.9 Å². The van der Waals surface area contributed by atoms with E-state index in [2.05, 4.69) is 15.9 Å². The molecule has 0 saturated carbocycles. The van der Waals surface area contributed by atoms with E-state index in [9.17, 15) is 4.79 Å². The predicted octanol–water partition coefficient (Wildman–Crippen LogP) is 5.26. The summed E-state index contributed by atoms with van der Waals surface area (Å²) in [5, 5.41) is 3.00. The second kappa shape index (κ2) is 4.61. The van der Waals surface area contributed by atoms with Crippen LogP contribution in [0.3, 0.4) is 0 Å². The topological polar surface area (TPSA) is 17.1 Å². The van der Waals surface area contributed by atoms with Gasteiger partial charge in [0.25, 0.3) is 0 Å². The number of carbonyl (C=O) groups is 1. The number of aryl methyl sites for hydroxylation is 1. The lowest BCUT2D eigenvalue weighted by molar-refractivity contribution is 0.104. The largest absolute Gasteiger partial charge is 0.288 e. The first-order chi connectivity index (χ1) is 8.66. The van der Waals surface area contributed by atoms with Crippen molar-refractivity contribution in [2.75, 3.05) is 0 Å². The van der Waals surface area contributed by atoms with Crippen molar-refractivity contribution in [2.24, 2.45) is 0 Å². The highest BCUT2D eigenvalue weighted by molar-refractivity contribution is 9.10. The highest BCUT2D eigenvalue weighted by Gasteiger charge is 2.18. The molecule has 0 aliphatic heterocycles. The molecule has 2 heterocycles. The number of ketones is 1. The quantitative estimate of drug-likeness (QED) is 0.583. The van der Waals surface area contributed by atoms with Gasteiger partial charge in [-0.1, -0.05) is 18.2 Å². The van der Waals surface area contributed by atoms with Crippen molar-refractivity contribution < 1.29 is 4.79 Å². The number of hydrogen-bond donors (Lipinski definition) is 0. The molecule has 0 aliphatic rings. The summed E-state index contributed by atoms with van der Waals surface area (Å²) in [5.74, 6) is 0.109. The van der Waals surface area contributed by atoms with E-state index in [1.165, 1.54) is 11.3 Å². The number of hydrogen-bond acceptors (Lipinski definition) is 3. The maximum atomic E-state index is 12.5. The van der Waals surface area contributed by atoms with Gasteiger partial charge in [-0.2, -0.15) is 0 Å². The Bertz CT molecular complexity index is 739. The Morgan fingerprint density at radius 1 is 1.28 bits per heavy atom. The fourth-order valence-corrected chi connectivity index (χ4v) is 4.63. The maximum absolute atomic E-state index is 12.5. The van der Waals surface area contributed by atoms with Crippen LogP contribution in [0.25, 0.3) is 10.1 Å². The molecule has 0 atom stereocenters. The van der Waals surface area contributed by atoms with Gasteiger partial charge < -0.3 is 0 Å². The first-order valence-corrected chi connectivity index (χ1v) is 7.92. The Morgan fingerprint density at radius 2 is 2.06 bits per heavy atom. The second-order valence-corrected chi connectivity index (χ2v) is 7.03. The summed E-state index contributed by atoms with van der Waals surface area (Å²) in [6, 6.07) is 10.0. The SMILES string of the molecule is Cc1cc(Br)c(C(=O)c2csc3ccccc23)s1. The second-order valence-electron chi connectivity index (χ2n) is 4.01. The minimum absolute atomic E-state index is 0.109. The van der Waals surface area contributed by atoms with E-state index < -0.39 is 0 Å². The molecule has 0 N–H and O–H groups in total. The zero-order valence-corrected chi connectivity index (χ0v) is 12.8. The van der Waals surface area contributed by atoms with E-state index in [0.29, 0.717) is 0 Å². The van der Waals surface area contributed by atoms with Gasteiger partial charge in [0.05, 0.1) is 4.88 Å². The van der Waals surface area contributed by atoms with Crippen LogP contribution < -0.4 is 0 Å². The molecule has 18 heavy (non-hydrogen) atoms. The molecular weight excluding hydrogens is 328 g/mol. The molecule has 1 nitrogen and oxygen atoms in total. The number of benzene rings is 1. The summed E-state index contributed by atoms with van der Waals surface area (Å²) in [5.41, 5.74) is 0.804. The Hall–Kier alpha value is -0.970. The zero-order valence-electron chi connectivity index (χ0n) is 9.57. The van der Waals surface area contributed by atoms with Gasteiger partial charge in [0.15, 0.2) is 0 Å². The van der Waals surface area contributed by atoms with Crippen molar-refractivity contribution >= 4 is 54.5 Å². The van der Waals surface area contributed by atoms with Crippen LogP contribution in [0.1, 0.15) is 20.1 Å². The zero-order chi connectivity index (χ0) is 12.7. The lowest BCUT2D eigenvalue weighted by Gasteiger charge is -1.97. The van der Waals surface area contributed by atoms with Crippen LogP contribution in [0.2, 0.25) is 0 Å². The molecular formula is C14H9BrOS2. The first-order valence-electron chi connectivity index (χ1n) is 5.43. The third kappa shape index (κ3) is 1.94. The van der Waals surface area contributed by atoms with E-state index in [-0.39, 0.29) is 5.78 Å². The number of carbonyl (C=O) groups excluding carboxylic acids is 1. The maximum Gasteiger partial charge on any atom is 0.205 e. The Kier molecular flexibility index (Phi) is 3.09. The smallest absolute Gasteiger partial charge is 0.205 e. The van der Waals surface area contributed by atoms with Crippen LogP contribution in [-0.4, -0.2) is 5.78 Å². The van der Waals surface area contributed by atoms with Gasteiger partial charge in [-0.25, -0.2) is 0 Å². The molecule has 0 amide bonds. The van der Waals surface area contributed by atoms with Crippen molar-refractivity contribution in [3.8, 4) is 0 Å². The fraction of sp³-hybridized carbons (Fsp3) is 0.0714. The van der Waals surface area contributed by atoms with E-state index >= 15 is 0 Å². The molecule has 4 heteroatoms. The molecule has 0 bridgehead atoms. The number of thiophene rings is 2. The number of rotatable bonds is 2. The molecule has 3 aromatic rings. The Balaban J connectivity index is 2.15. The lowest BCUT2D eigenvalue weighted by Crippen LogP contribution is -1.97. The molecule has 90 valence electrons. The monoisotopic (exact) mass is 336 g/mol. The molecule has 0 fully saturated rings. The van der Waals surface area contributed by atoms with Gasteiger partial charge in [-0.05, 0) is 35.0 Å². The lowest BCUT2D eigenvalue weighted by atomic mass is 10.1. The molecule has 2 aromatic heterocycles. The average Bonchev–Trinajstić information content (AvgIpc) is 2.92. The summed E-state index contributed by atoms with van der Waals surface area (Å²) in [6.45, 7) is 2.01. The first kappa shape index (κ1) is 12.1. The van der Waals surface area contributed by atoms with Crippen LogP contribution >= 0.6 is 38.6 Å². The van der Waals surface area contributed by atoms with Crippen molar-refractivity contribution in [3.05, 3.63) is 55.5 Å². The van der Waals surface area contributed by atoms with Crippen LogP contribution in [0.4, 0.5) is 0 Å². The Morgan fingerprint density at radius 3 is 2.78 bits per heavy atom. The number of fused-ring (bicyclic) bond motifs is 1. The third-order valence-electron chi connectivity index (χ3n) is 2.74. The Labute approximate surface area is 121 Å². The number of halogens is 1. The van der Waals surface area contributed by atoms with Crippen molar-refractivity contribution in [1.29, 1.82) is 0 Å². The molecule has 0 unspecified atom stereocenters. The summed E-state index contributed by atoms with van der Waals surface area (Å²) in [7, 11) is 0. The van der Waals surface area contributed by atoms with Gasteiger partial charge >= 0.3 is 0 Å². The normalized spacial score (nSPS) is 11.0. The van der Waals surface area contributed by atoms with Gasteiger partial charge in [0.2, 0.25) is 5.78 Å². The molecule has 0 saturated heterocycles. The minimum Gasteiger partial charge on any atom is -0.288 e. The van der Waals surface area contributed by atoms with Gasteiger partial charge in [-0.15, -0.1) is 22.7 Å². The highest BCUT2D eigenvalue weighted by Crippen LogP contribution is 2.33. The van der Waals surface area contributed by atoms with Crippen LogP contribution in [0, 0.1) is 6.92 Å². The summed E-state index contributed by atoms with van der Waals surface area (Å²) in [6.07, 6.45) is 0. The van der Waals surface area contributed by atoms with E-state index in [4.69, 9.17) is 0 Å². The van der Waals surface area contributed by atoms with Crippen LogP contribution in [-0.2, 0) is 0 Å². The summed E-state index contributed by atoms with van der Waals surface area (Å²) < 4.78 is 2.05. The average molecular weight is 337 g/mol. The predicted molar refractivity (Wildman–Crippen MR) is 82.0 cm³/mol. The molecule has 0 spiro atoms. The standard InChI is InChI=1S/C14H9BrOS2/c1-8-6-11(15)14(18-8)13(16)10-7-17-12-5-3-2-4-9(10)12/h2-7H,1H3. The van der Waals surface area contributed by atoms with Crippen molar-refractivity contribution in [3.63, 3.8) is 0 Å². The molecule has 1 aromatic carbocycles. The highest BCUT2D eigenvalue weighted by atomic mass is 79.9. The van der Waals surface area contributed by atoms with Crippen LogP contribution in [0.5, 0.6) is 0 Å². The van der Waals surface area contributed by atoms with E-state index in [1.54, 1.807) is 11.3 Å². The van der Waals surface area contributed by atoms with Gasteiger partial charge in [0.1, 0.15) is 0 Å². The minimum atomic E-state index is 0.109. The summed E-state index contributed by atoms with van der Waals surface area (Å²) >= 11 is 6.62. The van der Waals surface area contributed by atoms with Crippen LogP contribution in [0.15, 0.2) is 40.2 Å². The molecule has 0 aliphatic carbocycles. The molecule has 0 radical (unpaired) electrons. The summed E-state index contributed by atoms with van der Waals surface area (Å²) in [4.78, 5) is 14.5. The van der Waals surface area contributed by atoms with Gasteiger partial charge in [0, 0.05) is 30.4 Å². The molecule has 3 rings (SSSR count). The van der Waals surface area contributed by atoms with Crippen molar-refractivity contribution in [2.45, 2.75) is 6.92 Å². The fourth-order valence-electron chi connectivity index (χ4n) is 1.91. The van der Waals surface area contributed by atoms with Gasteiger partial charge in [-0.3, -0.25) is 4.79 Å². The van der Waals surface area contributed by atoms with E-state index in [1.807, 2.05) is 42.6 Å².